The smallest absolute Gasteiger partial charge is 0.0622 e. The van der Waals surface area contributed by atoms with E-state index in [9.17, 15) is 0 Å². The minimum absolute atomic E-state index is 0.0924. The Hall–Kier alpha value is -0.740. The van der Waals surface area contributed by atoms with Gasteiger partial charge in [-0.3, -0.25) is 0 Å². The van der Waals surface area contributed by atoms with Crippen molar-refractivity contribution in [2.24, 2.45) is 5.92 Å². The van der Waals surface area contributed by atoms with Gasteiger partial charge in [0.2, 0.25) is 0 Å². The molecule has 1 heteroatoms. The predicted molar refractivity (Wildman–Crippen MR) is 94.4 cm³/mol. The lowest BCUT2D eigenvalue weighted by molar-refractivity contribution is 0.0135. The van der Waals surface area contributed by atoms with Crippen LogP contribution >= 0.6 is 0 Å². The maximum Gasteiger partial charge on any atom is 0.0622 e. The summed E-state index contributed by atoms with van der Waals surface area (Å²) in [5.74, 6) is 3.43. The summed E-state index contributed by atoms with van der Waals surface area (Å²) in [4.78, 5) is 0. The van der Waals surface area contributed by atoms with Crippen molar-refractivity contribution in [2.45, 2.75) is 90.6 Å². The lowest BCUT2D eigenvalue weighted by atomic mass is 9.82. The van der Waals surface area contributed by atoms with E-state index >= 15 is 0 Å². The van der Waals surface area contributed by atoms with E-state index in [1.807, 2.05) is 0 Å². The third-order valence-corrected chi connectivity index (χ3v) is 4.45. The minimum atomic E-state index is 0.0924. The summed E-state index contributed by atoms with van der Waals surface area (Å²) in [5, 5.41) is 0. The van der Waals surface area contributed by atoms with Crippen LogP contribution in [0.4, 0.5) is 0 Å². The number of rotatable bonds is 7. The average molecular weight is 293 g/mol. The van der Waals surface area contributed by atoms with E-state index in [1.165, 1.54) is 56.9 Å². The molecule has 1 rings (SSSR count). The number of ether oxygens (including phenoxy) is 1. The Bertz CT molecular complexity index is 308. The molecule has 0 heterocycles. The molecule has 0 bridgehead atoms. The highest BCUT2D eigenvalue weighted by Gasteiger charge is 2.15. The molecule has 1 fully saturated rings. The molecule has 0 aliphatic heterocycles. The van der Waals surface area contributed by atoms with E-state index in [4.69, 9.17) is 11.2 Å². The number of hydrogen-bond donors (Lipinski definition) is 0. The number of methoxy groups -OCH3 is 1. The van der Waals surface area contributed by atoms with E-state index < -0.39 is 0 Å². The Kier molecular flexibility index (Phi) is 11.5. The number of allylic oxidation sites excluding steroid dienone is 1. The minimum Gasteiger partial charge on any atom is -0.379 e. The topological polar surface area (TPSA) is 9.23 Å². The maximum absolute atomic E-state index is 5.28. The van der Waals surface area contributed by atoms with E-state index in [0.29, 0.717) is 0 Å². The van der Waals surface area contributed by atoms with Crippen molar-refractivity contribution < 1.29 is 4.74 Å². The van der Waals surface area contributed by atoms with Gasteiger partial charge in [-0.05, 0) is 51.9 Å². The van der Waals surface area contributed by atoms with E-state index in [1.54, 1.807) is 7.11 Å². The first-order valence-corrected chi connectivity index (χ1v) is 8.63. The second kappa shape index (κ2) is 11.9. The lowest BCUT2D eigenvalue weighted by Gasteiger charge is -2.23. The molecule has 1 aliphatic carbocycles. The van der Waals surface area contributed by atoms with Crippen LogP contribution in [-0.2, 0) is 4.74 Å². The molecular formula is C20H36O. The predicted octanol–water partition coefficient (Wildman–Crippen LogP) is 6.14. The fourth-order valence-electron chi connectivity index (χ4n) is 2.66. The standard InChI is InChI=1S/C11H16.C9H20O/c1-3-4-8-11-9-6-5-7-10(11)2;1-5-6-7-8-9(2,3)10-4/h1,11H,2,4-9H2;5-8H2,1-4H3. The van der Waals surface area contributed by atoms with Crippen molar-refractivity contribution >= 4 is 0 Å². The molecule has 0 N–H and O–H groups in total. The highest BCUT2D eigenvalue weighted by Crippen LogP contribution is 2.30. The van der Waals surface area contributed by atoms with Gasteiger partial charge in [-0.1, -0.05) is 44.8 Å². The van der Waals surface area contributed by atoms with Crippen LogP contribution in [0.2, 0.25) is 0 Å². The molecule has 1 aliphatic rings. The molecule has 21 heavy (non-hydrogen) atoms. The van der Waals surface area contributed by atoms with Gasteiger partial charge >= 0.3 is 0 Å². The Morgan fingerprint density at radius 1 is 1.33 bits per heavy atom. The summed E-state index contributed by atoms with van der Waals surface area (Å²) in [5.41, 5.74) is 1.53. The zero-order chi connectivity index (χ0) is 16.1. The van der Waals surface area contributed by atoms with Gasteiger partial charge in [0.05, 0.1) is 5.60 Å². The Labute approximate surface area is 133 Å². The van der Waals surface area contributed by atoms with Crippen LogP contribution in [0.5, 0.6) is 0 Å². The third kappa shape index (κ3) is 10.6. The van der Waals surface area contributed by atoms with Gasteiger partial charge in [0.25, 0.3) is 0 Å². The van der Waals surface area contributed by atoms with Crippen LogP contribution in [0.15, 0.2) is 12.2 Å². The third-order valence-electron chi connectivity index (χ3n) is 4.45. The van der Waals surface area contributed by atoms with Gasteiger partial charge in [0.15, 0.2) is 0 Å². The van der Waals surface area contributed by atoms with Crippen LogP contribution in [-0.4, -0.2) is 12.7 Å². The zero-order valence-electron chi connectivity index (χ0n) is 14.8. The van der Waals surface area contributed by atoms with Crippen LogP contribution in [0.25, 0.3) is 0 Å². The highest BCUT2D eigenvalue weighted by atomic mass is 16.5. The second-order valence-corrected chi connectivity index (χ2v) is 6.76. The summed E-state index contributed by atoms with van der Waals surface area (Å²) in [6, 6.07) is 0. The van der Waals surface area contributed by atoms with Crippen molar-refractivity contribution in [3.8, 4) is 12.3 Å². The molecular weight excluding hydrogens is 256 g/mol. The molecule has 1 saturated carbocycles. The zero-order valence-corrected chi connectivity index (χ0v) is 14.8. The van der Waals surface area contributed by atoms with Gasteiger partial charge in [-0.25, -0.2) is 0 Å². The molecule has 1 nitrogen and oxygen atoms in total. The number of hydrogen-bond acceptors (Lipinski definition) is 1. The van der Waals surface area contributed by atoms with Gasteiger partial charge in [-0.2, -0.15) is 0 Å². The summed E-state index contributed by atoms with van der Waals surface area (Å²) in [6.45, 7) is 10.6. The molecule has 0 aromatic carbocycles. The molecule has 0 aromatic rings. The van der Waals surface area contributed by atoms with Crippen LogP contribution < -0.4 is 0 Å². The lowest BCUT2D eigenvalue weighted by Crippen LogP contribution is -2.21. The molecule has 0 aromatic heterocycles. The van der Waals surface area contributed by atoms with Gasteiger partial charge in [0, 0.05) is 13.5 Å². The summed E-state index contributed by atoms with van der Waals surface area (Å²) in [7, 11) is 1.78. The Balaban J connectivity index is 0.000000384. The van der Waals surface area contributed by atoms with E-state index in [-0.39, 0.29) is 5.60 Å². The van der Waals surface area contributed by atoms with Crippen molar-refractivity contribution in [2.75, 3.05) is 7.11 Å². The van der Waals surface area contributed by atoms with E-state index in [2.05, 4.69) is 33.3 Å². The summed E-state index contributed by atoms with van der Waals surface area (Å²) >= 11 is 0. The monoisotopic (exact) mass is 292 g/mol. The highest BCUT2D eigenvalue weighted by molar-refractivity contribution is 5.04. The molecule has 0 amide bonds. The largest absolute Gasteiger partial charge is 0.379 e. The second-order valence-electron chi connectivity index (χ2n) is 6.76. The summed E-state index contributed by atoms with van der Waals surface area (Å²) in [6.07, 6.45) is 17.6. The van der Waals surface area contributed by atoms with Crippen molar-refractivity contribution in [3.63, 3.8) is 0 Å². The molecule has 0 spiro atoms. The molecule has 0 radical (unpaired) electrons. The first kappa shape index (κ1) is 20.3. The van der Waals surface area contributed by atoms with Crippen LogP contribution in [0.3, 0.4) is 0 Å². The van der Waals surface area contributed by atoms with Crippen molar-refractivity contribution in [1.29, 1.82) is 0 Å². The van der Waals surface area contributed by atoms with Crippen molar-refractivity contribution in [1.82, 2.24) is 0 Å². The fourth-order valence-corrected chi connectivity index (χ4v) is 2.66. The first-order chi connectivity index (χ1) is 9.96. The maximum atomic E-state index is 5.28. The normalized spacial score (nSPS) is 18.6. The first-order valence-electron chi connectivity index (χ1n) is 8.63. The van der Waals surface area contributed by atoms with Gasteiger partial charge in [0.1, 0.15) is 0 Å². The van der Waals surface area contributed by atoms with Gasteiger partial charge < -0.3 is 4.74 Å². The number of unbranched alkanes of at least 4 members (excludes halogenated alkanes) is 2. The van der Waals surface area contributed by atoms with Crippen molar-refractivity contribution in [3.05, 3.63) is 12.2 Å². The van der Waals surface area contributed by atoms with Gasteiger partial charge in [-0.15, -0.1) is 12.3 Å². The van der Waals surface area contributed by atoms with Crippen LogP contribution in [0, 0.1) is 18.3 Å². The molecule has 1 unspecified atom stereocenters. The average Bonchev–Trinajstić information content (AvgIpc) is 2.47. The Morgan fingerprint density at radius 2 is 2.05 bits per heavy atom. The SMILES string of the molecule is C#CCCC1CCCCC1=C.CCCCCC(C)(C)OC. The molecule has 0 saturated heterocycles. The van der Waals surface area contributed by atoms with E-state index in [0.717, 1.165) is 18.8 Å². The number of terminal acetylenes is 1. The Morgan fingerprint density at radius 3 is 2.57 bits per heavy atom. The van der Waals surface area contributed by atoms with Crippen LogP contribution in [0.1, 0.15) is 85.0 Å². The summed E-state index contributed by atoms with van der Waals surface area (Å²) < 4.78 is 5.28. The molecule has 1 atom stereocenters. The quantitative estimate of drug-likeness (QED) is 0.311. The molecule has 122 valence electrons. The fraction of sp³-hybridized carbons (Fsp3) is 0.800.